The maximum atomic E-state index is 12.5. The van der Waals surface area contributed by atoms with Crippen LogP contribution in [0.3, 0.4) is 0 Å². The molecule has 2 aromatic rings. The first-order valence-electron chi connectivity index (χ1n) is 11.4. The van der Waals surface area contributed by atoms with E-state index in [1.165, 1.54) is 5.56 Å². The van der Waals surface area contributed by atoms with E-state index >= 15 is 0 Å². The highest BCUT2D eigenvalue weighted by Gasteiger charge is 2.45. The van der Waals surface area contributed by atoms with E-state index in [1.54, 1.807) is 18.2 Å². The Labute approximate surface area is 208 Å². The van der Waals surface area contributed by atoms with Gasteiger partial charge in [0.25, 0.3) is 0 Å². The molecular weight excluding hydrogens is 468 g/mol. The Hall–Kier alpha value is -3.10. The first kappa shape index (κ1) is 25.0. The highest BCUT2D eigenvalue weighted by atomic mass is 32.2. The average molecular weight is 497 g/mol. The maximum Gasteiger partial charge on any atom is 0.240 e. The van der Waals surface area contributed by atoms with Gasteiger partial charge in [0.1, 0.15) is 11.8 Å². The molecule has 10 heteroatoms. The van der Waals surface area contributed by atoms with Gasteiger partial charge in [0.15, 0.2) is 12.3 Å². The van der Waals surface area contributed by atoms with Crippen molar-refractivity contribution in [2.45, 2.75) is 45.4 Å². The molecular formula is C25H28N4O5S. The van der Waals surface area contributed by atoms with E-state index in [4.69, 9.17) is 24.2 Å². The molecule has 2 unspecified atom stereocenters. The minimum absolute atomic E-state index is 0.00522. The molecule has 2 aromatic carbocycles. The third kappa shape index (κ3) is 5.28. The molecule has 1 amide bonds. The van der Waals surface area contributed by atoms with Gasteiger partial charge >= 0.3 is 0 Å². The second-order valence-corrected chi connectivity index (χ2v) is 9.20. The van der Waals surface area contributed by atoms with Crippen molar-refractivity contribution in [2.75, 3.05) is 13.2 Å². The van der Waals surface area contributed by atoms with Crippen LogP contribution in [0.1, 0.15) is 54.1 Å². The molecule has 2 aliphatic rings. The number of likely N-dealkylation sites (tertiary alicyclic amines) is 1. The number of carbonyl (C=O) groups excluding carboxylic acids is 1. The molecule has 0 spiro atoms. The number of nitriles is 1. The van der Waals surface area contributed by atoms with E-state index in [9.17, 15) is 10.1 Å². The van der Waals surface area contributed by atoms with Gasteiger partial charge in [0.05, 0.1) is 30.9 Å². The Kier molecular flexibility index (Phi) is 7.93. The summed E-state index contributed by atoms with van der Waals surface area (Å²) in [5.74, 6) is 6.58. The number of aliphatic imine (C=N–C) groups is 1. The monoisotopic (exact) mass is 496 g/mol. The zero-order valence-corrected chi connectivity index (χ0v) is 20.5. The Balaban J connectivity index is 1.56. The maximum absolute atomic E-state index is 12.5. The van der Waals surface area contributed by atoms with Crippen molar-refractivity contribution in [3.8, 4) is 11.8 Å². The van der Waals surface area contributed by atoms with Crippen molar-refractivity contribution in [3.05, 3.63) is 64.2 Å². The van der Waals surface area contributed by atoms with Gasteiger partial charge in [-0.25, -0.2) is 4.99 Å². The zero-order chi connectivity index (χ0) is 24.9. The van der Waals surface area contributed by atoms with E-state index in [0.717, 1.165) is 17.5 Å². The van der Waals surface area contributed by atoms with Crippen molar-refractivity contribution < 1.29 is 23.1 Å². The number of benzene rings is 2. The smallest absolute Gasteiger partial charge is 0.240 e. The van der Waals surface area contributed by atoms with Gasteiger partial charge in [-0.3, -0.25) is 8.98 Å². The molecule has 1 saturated heterocycles. The van der Waals surface area contributed by atoms with Crippen molar-refractivity contribution in [1.29, 1.82) is 5.26 Å². The average Bonchev–Trinajstić information content (AvgIpc) is 3.35. The summed E-state index contributed by atoms with van der Waals surface area (Å²) >= 11 is 0.315. The molecule has 0 bridgehead atoms. The number of nitrogens with zero attached hydrogens (tertiary/aromatic N) is 3. The Morgan fingerprint density at radius 2 is 2.17 bits per heavy atom. The standard InChI is InChI=1S/C25H28N4O5S/c1-15(2)33-22-7-6-16(10-19(22)13-26)25(34-27)28-14-17-4-3-5-20-21(17)11-18-12-23(30)29(24(18)20)8-9-32-35-31/h3-7,10,15,18,24,31H,8-9,11-12,14,27H2,1-2H3. The molecule has 0 saturated carbocycles. The Morgan fingerprint density at radius 3 is 2.89 bits per heavy atom. The second-order valence-electron chi connectivity index (χ2n) is 8.81. The van der Waals surface area contributed by atoms with Gasteiger partial charge < -0.3 is 19.0 Å². The molecule has 35 heavy (non-hydrogen) atoms. The van der Waals surface area contributed by atoms with Gasteiger partial charge in [-0.15, -0.1) is 0 Å². The molecule has 0 aromatic heterocycles. The highest BCUT2D eigenvalue weighted by molar-refractivity contribution is 7.88. The van der Waals surface area contributed by atoms with Gasteiger partial charge in [-0.05, 0) is 61.1 Å². The van der Waals surface area contributed by atoms with Crippen LogP contribution in [-0.2, 0) is 26.8 Å². The summed E-state index contributed by atoms with van der Waals surface area (Å²) in [4.78, 5) is 24.1. The van der Waals surface area contributed by atoms with E-state index in [0.29, 0.717) is 48.7 Å². The van der Waals surface area contributed by atoms with Crippen LogP contribution in [0.2, 0.25) is 0 Å². The summed E-state index contributed by atoms with van der Waals surface area (Å²) in [6.45, 7) is 4.83. The molecule has 1 heterocycles. The van der Waals surface area contributed by atoms with Crippen molar-refractivity contribution in [3.63, 3.8) is 0 Å². The van der Waals surface area contributed by atoms with Crippen LogP contribution in [0, 0.1) is 17.2 Å². The third-order valence-corrected chi connectivity index (χ3v) is 6.59. The number of carbonyl (C=O) groups is 1. The lowest BCUT2D eigenvalue weighted by Gasteiger charge is -2.25. The van der Waals surface area contributed by atoms with Crippen molar-refractivity contribution in [1.82, 2.24) is 4.90 Å². The van der Waals surface area contributed by atoms with Crippen LogP contribution in [0.4, 0.5) is 0 Å². The molecule has 184 valence electrons. The molecule has 1 fully saturated rings. The summed E-state index contributed by atoms with van der Waals surface area (Å²) in [6, 6.07) is 13.3. The summed E-state index contributed by atoms with van der Waals surface area (Å²) in [7, 11) is 0. The second kappa shape index (κ2) is 11.1. The largest absolute Gasteiger partial charge is 0.490 e. The molecule has 1 aliphatic heterocycles. The summed E-state index contributed by atoms with van der Waals surface area (Å²) in [5.41, 5.74) is 4.32. The first-order chi connectivity index (χ1) is 17.0. The lowest BCUT2D eigenvalue weighted by Crippen LogP contribution is -2.31. The number of amides is 1. The lowest BCUT2D eigenvalue weighted by molar-refractivity contribution is -0.129. The predicted octanol–water partition coefficient (Wildman–Crippen LogP) is 3.77. The number of nitrogens with two attached hydrogens (primary N) is 1. The van der Waals surface area contributed by atoms with Crippen LogP contribution in [-0.4, -0.2) is 40.5 Å². The summed E-state index contributed by atoms with van der Waals surface area (Å²) < 4.78 is 19.5. The van der Waals surface area contributed by atoms with E-state index < -0.39 is 0 Å². The van der Waals surface area contributed by atoms with Gasteiger partial charge in [0.2, 0.25) is 11.8 Å². The van der Waals surface area contributed by atoms with Crippen LogP contribution in [0.15, 0.2) is 41.4 Å². The fourth-order valence-corrected chi connectivity index (χ4v) is 5.11. The number of fused-ring (bicyclic) bond motifs is 3. The normalized spacial score (nSPS) is 19.0. The minimum atomic E-state index is -0.0566. The van der Waals surface area contributed by atoms with Crippen LogP contribution in [0.25, 0.3) is 0 Å². The quantitative estimate of drug-likeness (QED) is 0.176. The van der Waals surface area contributed by atoms with Crippen LogP contribution in [0.5, 0.6) is 5.75 Å². The topological polar surface area (TPSA) is 130 Å². The lowest BCUT2D eigenvalue weighted by atomic mass is 10.0. The van der Waals surface area contributed by atoms with E-state index in [-0.39, 0.29) is 36.5 Å². The van der Waals surface area contributed by atoms with Gasteiger partial charge in [0, 0.05) is 18.5 Å². The van der Waals surface area contributed by atoms with E-state index in [2.05, 4.69) is 17.1 Å². The van der Waals surface area contributed by atoms with Crippen LogP contribution < -0.4 is 10.6 Å². The van der Waals surface area contributed by atoms with E-state index in [1.807, 2.05) is 30.9 Å². The number of ether oxygens (including phenoxy) is 1. The molecule has 4 rings (SSSR count). The highest BCUT2D eigenvalue weighted by Crippen LogP contribution is 2.47. The van der Waals surface area contributed by atoms with Gasteiger partial charge in [-0.1, -0.05) is 18.2 Å². The predicted molar refractivity (Wildman–Crippen MR) is 131 cm³/mol. The first-order valence-corrected chi connectivity index (χ1v) is 12.1. The van der Waals surface area contributed by atoms with Crippen molar-refractivity contribution in [2.24, 2.45) is 16.8 Å². The number of hydrogen-bond acceptors (Lipinski definition) is 9. The van der Waals surface area contributed by atoms with Crippen molar-refractivity contribution >= 4 is 24.1 Å². The number of hydrogen-bond donors (Lipinski definition) is 2. The molecule has 1 aliphatic carbocycles. The Bertz CT molecular complexity index is 1160. The molecule has 3 N–H and O–H groups in total. The van der Waals surface area contributed by atoms with Gasteiger partial charge in [-0.2, -0.15) is 11.2 Å². The Morgan fingerprint density at radius 1 is 1.34 bits per heavy atom. The fourth-order valence-electron chi connectivity index (χ4n) is 4.96. The summed E-state index contributed by atoms with van der Waals surface area (Å²) in [5, 5.41) is 9.52. The van der Waals surface area contributed by atoms with Crippen LogP contribution >= 0.6 is 12.3 Å². The number of rotatable bonds is 9. The molecule has 0 radical (unpaired) electrons. The fraction of sp³-hybridized carbons (Fsp3) is 0.400. The SMILES string of the molecule is CC(C)Oc1ccc(C(=NCc2cccc3c2CC2CC(=O)N(CCOSO)C32)ON)cc1C#N. The molecule has 2 atom stereocenters. The summed E-state index contributed by atoms with van der Waals surface area (Å²) in [6.07, 6.45) is 1.23. The third-order valence-electron chi connectivity index (χ3n) is 6.32. The molecule has 9 nitrogen and oxygen atoms in total. The zero-order valence-electron chi connectivity index (χ0n) is 19.6. The minimum Gasteiger partial charge on any atom is -0.490 e.